The summed E-state index contributed by atoms with van der Waals surface area (Å²) in [4.78, 5) is 12.0. The first-order chi connectivity index (χ1) is 12.7. The van der Waals surface area contributed by atoms with Crippen molar-refractivity contribution in [3.05, 3.63) is 95.6 Å². The molecule has 2 N–H and O–H groups in total. The van der Waals surface area contributed by atoms with Gasteiger partial charge in [-0.1, -0.05) is 42.5 Å². The summed E-state index contributed by atoms with van der Waals surface area (Å²) in [5.74, 6) is 0.428. The molecule has 0 atom stereocenters. The molecular weight excluding hydrogens is 328 g/mol. The zero-order chi connectivity index (χ0) is 18.2. The third-order valence-corrected chi connectivity index (χ3v) is 3.66. The maximum atomic E-state index is 12.0. The number of carbonyl (C=O) groups excluding carboxylic acids is 1. The molecule has 0 unspecified atom stereocenters. The van der Waals surface area contributed by atoms with E-state index in [-0.39, 0.29) is 11.7 Å². The molecule has 0 fully saturated rings. The van der Waals surface area contributed by atoms with Crippen LogP contribution in [0.5, 0.6) is 11.5 Å². The number of para-hydroxylation sites is 1. The lowest BCUT2D eigenvalue weighted by molar-refractivity contribution is 0.0955. The summed E-state index contributed by atoms with van der Waals surface area (Å²) in [6.07, 6.45) is 1.54. The SMILES string of the molecule is O=C(N/N=C\c1ccccc1OCc1ccccc1)c1ccc(O)cc1. The fourth-order valence-electron chi connectivity index (χ4n) is 2.29. The second-order valence-corrected chi connectivity index (χ2v) is 5.56. The van der Waals surface area contributed by atoms with Gasteiger partial charge in [-0.2, -0.15) is 5.10 Å². The minimum atomic E-state index is -0.357. The largest absolute Gasteiger partial charge is 0.508 e. The fraction of sp³-hybridized carbons (Fsp3) is 0.0476. The first-order valence-electron chi connectivity index (χ1n) is 8.10. The van der Waals surface area contributed by atoms with Crippen LogP contribution in [0.2, 0.25) is 0 Å². The molecule has 3 rings (SSSR count). The monoisotopic (exact) mass is 346 g/mol. The molecule has 5 heteroatoms. The predicted molar refractivity (Wildman–Crippen MR) is 100 cm³/mol. The van der Waals surface area contributed by atoms with Crippen LogP contribution in [0.25, 0.3) is 0 Å². The number of nitrogens with zero attached hydrogens (tertiary/aromatic N) is 1. The Morgan fingerprint density at radius 1 is 0.962 bits per heavy atom. The second-order valence-electron chi connectivity index (χ2n) is 5.56. The van der Waals surface area contributed by atoms with Crippen LogP contribution >= 0.6 is 0 Å². The molecule has 0 aliphatic rings. The van der Waals surface area contributed by atoms with Crippen LogP contribution in [0.15, 0.2) is 84.0 Å². The number of hydrogen-bond acceptors (Lipinski definition) is 4. The molecule has 1 amide bonds. The van der Waals surface area contributed by atoms with E-state index in [1.165, 1.54) is 24.3 Å². The van der Waals surface area contributed by atoms with E-state index in [1.807, 2.05) is 54.6 Å². The van der Waals surface area contributed by atoms with Gasteiger partial charge in [-0.05, 0) is 42.0 Å². The van der Waals surface area contributed by atoms with Gasteiger partial charge >= 0.3 is 0 Å². The number of nitrogens with one attached hydrogen (secondary N) is 1. The minimum Gasteiger partial charge on any atom is -0.508 e. The van der Waals surface area contributed by atoms with Crippen molar-refractivity contribution in [1.29, 1.82) is 0 Å². The summed E-state index contributed by atoms with van der Waals surface area (Å²) < 4.78 is 5.85. The lowest BCUT2D eigenvalue weighted by atomic mass is 10.2. The smallest absolute Gasteiger partial charge is 0.271 e. The lowest BCUT2D eigenvalue weighted by Gasteiger charge is -2.09. The minimum absolute atomic E-state index is 0.106. The number of phenols is 1. The number of hydrazone groups is 1. The van der Waals surface area contributed by atoms with Crippen molar-refractivity contribution < 1.29 is 14.6 Å². The van der Waals surface area contributed by atoms with Gasteiger partial charge in [0.25, 0.3) is 5.91 Å². The Labute approximate surface area is 151 Å². The summed E-state index contributed by atoms with van der Waals surface area (Å²) in [7, 11) is 0. The number of ether oxygens (including phenoxy) is 1. The fourth-order valence-corrected chi connectivity index (χ4v) is 2.29. The van der Waals surface area contributed by atoms with E-state index in [0.717, 1.165) is 11.1 Å². The highest BCUT2D eigenvalue weighted by molar-refractivity contribution is 5.95. The first kappa shape index (κ1) is 17.2. The average molecular weight is 346 g/mol. The Balaban J connectivity index is 1.63. The van der Waals surface area contributed by atoms with Crippen molar-refractivity contribution >= 4 is 12.1 Å². The highest BCUT2D eigenvalue weighted by Crippen LogP contribution is 2.17. The number of rotatable bonds is 6. The normalized spacial score (nSPS) is 10.6. The van der Waals surface area contributed by atoms with E-state index < -0.39 is 0 Å². The zero-order valence-electron chi connectivity index (χ0n) is 14.0. The molecule has 0 spiro atoms. The summed E-state index contributed by atoms with van der Waals surface area (Å²) >= 11 is 0. The Morgan fingerprint density at radius 3 is 2.42 bits per heavy atom. The highest BCUT2D eigenvalue weighted by Gasteiger charge is 2.04. The van der Waals surface area contributed by atoms with E-state index in [0.29, 0.717) is 17.9 Å². The number of phenolic OH excluding ortho intramolecular Hbond substituents is 1. The Bertz CT molecular complexity index is 891. The van der Waals surface area contributed by atoms with Crippen LogP contribution in [-0.4, -0.2) is 17.2 Å². The second kappa shape index (κ2) is 8.48. The molecule has 0 aliphatic heterocycles. The number of hydrogen-bond donors (Lipinski definition) is 2. The maximum Gasteiger partial charge on any atom is 0.271 e. The van der Waals surface area contributed by atoms with Crippen molar-refractivity contribution in [3.63, 3.8) is 0 Å². The van der Waals surface area contributed by atoms with Crippen LogP contribution in [0.3, 0.4) is 0 Å². The zero-order valence-corrected chi connectivity index (χ0v) is 14.0. The van der Waals surface area contributed by atoms with Crippen LogP contribution < -0.4 is 10.2 Å². The van der Waals surface area contributed by atoms with Gasteiger partial charge in [-0.25, -0.2) is 5.43 Å². The molecule has 0 radical (unpaired) electrons. The third-order valence-electron chi connectivity index (χ3n) is 3.66. The summed E-state index contributed by atoms with van der Waals surface area (Å²) in [6, 6.07) is 23.3. The predicted octanol–water partition coefficient (Wildman–Crippen LogP) is 3.74. The van der Waals surface area contributed by atoms with Gasteiger partial charge in [0.15, 0.2) is 0 Å². The van der Waals surface area contributed by atoms with E-state index in [1.54, 1.807) is 6.21 Å². The molecule has 26 heavy (non-hydrogen) atoms. The molecule has 3 aromatic carbocycles. The standard InChI is InChI=1S/C21H18N2O3/c24-19-12-10-17(11-13-19)21(25)23-22-14-18-8-4-5-9-20(18)26-15-16-6-2-1-3-7-16/h1-14,24H,15H2,(H,23,25)/b22-14-. The Morgan fingerprint density at radius 2 is 1.65 bits per heavy atom. The van der Waals surface area contributed by atoms with E-state index in [2.05, 4.69) is 10.5 Å². The Hall–Kier alpha value is -3.60. The number of carbonyl (C=O) groups is 1. The van der Waals surface area contributed by atoms with Gasteiger partial charge in [0, 0.05) is 11.1 Å². The lowest BCUT2D eigenvalue weighted by Crippen LogP contribution is -2.17. The van der Waals surface area contributed by atoms with Crippen molar-refractivity contribution in [2.24, 2.45) is 5.10 Å². The topological polar surface area (TPSA) is 70.9 Å². The summed E-state index contributed by atoms with van der Waals surface area (Å²) in [6.45, 7) is 0.450. The highest BCUT2D eigenvalue weighted by atomic mass is 16.5. The molecule has 0 aliphatic carbocycles. The average Bonchev–Trinajstić information content (AvgIpc) is 2.68. The van der Waals surface area contributed by atoms with Gasteiger partial charge in [0.1, 0.15) is 18.1 Å². The first-order valence-corrected chi connectivity index (χ1v) is 8.10. The molecule has 130 valence electrons. The van der Waals surface area contributed by atoms with E-state index >= 15 is 0 Å². The van der Waals surface area contributed by atoms with Gasteiger partial charge in [-0.3, -0.25) is 4.79 Å². The molecule has 0 saturated heterocycles. The molecule has 0 bridgehead atoms. The van der Waals surface area contributed by atoms with E-state index in [4.69, 9.17) is 4.74 Å². The molecule has 5 nitrogen and oxygen atoms in total. The summed E-state index contributed by atoms with van der Waals surface area (Å²) in [5, 5.41) is 13.2. The van der Waals surface area contributed by atoms with Gasteiger partial charge in [0.05, 0.1) is 6.21 Å². The molecule has 0 heterocycles. The summed E-state index contributed by atoms with van der Waals surface area (Å²) in [5.41, 5.74) is 4.70. The maximum absolute atomic E-state index is 12.0. The number of benzene rings is 3. The molecular formula is C21H18N2O3. The molecule has 3 aromatic rings. The quantitative estimate of drug-likeness (QED) is 0.528. The molecule has 0 saturated carbocycles. The Kier molecular flexibility index (Phi) is 5.62. The van der Waals surface area contributed by atoms with Gasteiger partial charge in [-0.15, -0.1) is 0 Å². The van der Waals surface area contributed by atoms with Crippen LogP contribution in [-0.2, 0) is 6.61 Å². The van der Waals surface area contributed by atoms with Crippen molar-refractivity contribution in [2.45, 2.75) is 6.61 Å². The molecule has 0 aromatic heterocycles. The van der Waals surface area contributed by atoms with Crippen molar-refractivity contribution in [2.75, 3.05) is 0 Å². The van der Waals surface area contributed by atoms with Crippen LogP contribution in [0, 0.1) is 0 Å². The van der Waals surface area contributed by atoms with Gasteiger partial charge < -0.3 is 9.84 Å². The number of aromatic hydroxyl groups is 1. The van der Waals surface area contributed by atoms with Gasteiger partial charge in [0.2, 0.25) is 0 Å². The van der Waals surface area contributed by atoms with Crippen LogP contribution in [0.1, 0.15) is 21.5 Å². The van der Waals surface area contributed by atoms with Crippen molar-refractivity contribution in [3.8, 4) is 11.5 Å². The van der Waals surface area contributed by atoms with Crippen LogP contribution in [0.4, 0.5) is 0 Å². The van der Waals surface area contributed by atoms with Crippen molar-refractivity contribution in [1.82, 2.24) is 5.43 Å². The third kappa shape index (κ3) is 4.70. The van der Waals surface area contributed by atoms with E-state index in [9.17, 15) is 9.90 Å². The number of amides is 1.